The zero-order chi connectivity index (χ0) is 21.0. The van der Waals surface area contributed by atoms with Gasteiger partial charge in [-0.2, -0.15) is 0 Å². The summed E-state index contributed by atoms with van der Waals surface area (Å²) in [5.41, 5.74) is 4.00. The third-order valence-corrected chi connectivity index (χ3v) is 7.27. The van der Waals surface area contributed by atoms with E-state index in [4.69, 9.17) is 14.7 Å². The molecule has 1 saturated carbocycles. The minimum atomic E-state index is -0.0643. The Balaban J connectivity index is 1.55. The highest BCUT2D eigenvalue weighted by molar-refractivity contribution is 7.10. The van der Waals surface area contributed by atoms with Crippen LogP contribution in [0.4, 0.5) is 0 Å². The zero-order valence-corrected chi connectivity index (χ0v) is 18.8. The minimum absolute atomic E-state index is 0.0242. The number of benzene rings is 1. The maximum atomic E-state index is 11.7. The molecule has 3 aromatic rings. The minimum Gasteiger partial charge on any atom is -0.488 e. The van der Waals surface area contributed by atoms with Gasteiger partial charge in [-0.25, -0.2) is 9.97 Å². The normalized spacial score (nSPS) is 20.5. The molecule has 1 aliphatic heterocycles. The van der Waals surface area contributed by atoms with Crippen LogP contribution in [0.2, 0.25) is 0 Å². The number of ether oxygens (including phenoxy) is 1. The van der Waals surface area contributed by atoms with E-state index in [1.807, 2.05) is 6.33 Å². The van der Waals surface area contributed by atoms with Crippen molar-refractivity contribution >= 4 is 28.3 Å². The molecule has 0 unspecified atom stereocenters. The third kappa shape index (κ3) is 3.60. The first-order valence-electron chi connectivity index (χ1n) is 10.7. The molecule has 3 heterocycles. The van der Waals surface area contributed by atoms with Crippen LogP contribution in [-0.2, 0) is 10.2 Å². The van der Waals surface area contributed by atoms with Crippen LogP contribution in [0.3, 0.4) is 0 Å². The lowest BCUT2D eigenvalue weighted by atomic mass is 9.98. The van der Waals surface area contributed by atoms with Crippen LogP contribution in [-0.4, -0.2) is 33.1 Å². The number of imidazole rings is 1. The van der Waals surface area contributed by atoms with Crippen molar-refractivity contribution in [2.24, 2.45) is 5.92 Å². The van der Waals surface area contributed by atoms with Crippen molar-refractivity contribution in [2.75, 3.05) is 6.54 Å². The summed E-state index contributed by atoms with van der Waals surface area (Å²) in [5, 5.41) is 6.15. The van der Waals surface area contributed by atoms with Gasteiger partial charge in [-0.3, -0.25) is 4.79 Å². The first-order chi connectivity index (χ1) is 14.3. The smallest absolute Gasteiger partial charge is 0.220 e. The summed E-state index contributed by atoms with van der Waals surface area (Å²) in [6, 6.07) is 4.74. The molecular formula is C23H28N4O2S. The van der Waals surface area contributed by atoms with Crippen LogP contribution in [0.1, 0.15) is 58.0 Å². The molecule has 2 aromatic heterocycles. The van der Waals surface area contributed by atoms with Crippen molar-refractivity contribution in [3.05, 3.63) is 28.8 Å². The Hall–Kier alpha value is -2.41. The lowest BCUT2D eigenvalue weighted by Crippen LogP contribution is -2.25. The Kier molecular flexibility index (Phi) is 4.61. The second-order valence-electron chi connectivity index (χ2n) is 9.60. The van der Waals surface area contributed by atoms with Crippen LogP contribution < -0.4 is 10.1 Å². The Morgan fingerprint density at radius 2 is 2.10 bits per heavy atom. The molecule has 0 radical (unpaired) electrons. The maximum absolute atomic E-state index is 11.7. The Morgan fingerprint density at radius 3 is 2.73 bits per heavy atom. The SMILES string of the molecule is C[C@@H](Oc1cc(-c2csc(C(C)(C)C)n2)cc2ncn(C3CC3)c12)[C@H]1CNC(=O)C1. The maximum Gasteiger partial charge on any atom is 0.220 e. The van der Waals surface area contributed by atoms with Crippen LogP contribution in [0.5, 0.6) is 5.75 Å². The average Bonchev–Trinajstić information content (AvgIpc) is 3.10. The summed E-state index contributed by atoms with van der Waals surface area (Å²) in [5.74, 6) is 1.12. The van der Waals surface area contributed by atoms with E-state index in [9.17, 15) is 4.79 Å². The lowest BCUT2D eigenvalue weighted by molar-refractivity contribution is -0.119. The fourth-order valence-electron chi connectivity index (χ4n) is 4.01. The van der Waals surface area contributed by atoms with Crippen LogP contribution >= 0.6 is 11.3 Å². The summed E-state index contributed by atoms with van der Waals surface area (Å²) in [7, 11) is 0. The largest absolute Gasteiger partial charge is 0.488 e. The summed E-state index contributed by atoms with van der Waals surface area (Å²) < 4.78 is 8.75. The molecule has 0 spiro atoms. The predicted octanol–water partition coefficient (Wildman–Crippen LogP) is 4.70. The molecule has 2 fully saturated rings. The molecule has 1 aromatic carbocycles. The Bertz CT molecular complexity index is 1110. The number of fused-ring (bicyclic) bond motifs is 1. The number of amides is 1. The van der Waals surface area contributed by atoms with Gasteiger partial charge in [-0.15, -0.1) is 11.3 Å². The summed E-state index contributed by atoms with van der Waals surface area (Å²) >= 11 is 1.69. The third-order valence-electron chi connectivity index (χ3n) is 6.00. The first kappa shape index (κ1) is 19.5. The molecule has 1 aliphatic carbocycles. The van der Waals surface area contributed by atoms with E-state index in [-0.39, 0.29) is 23.3 Å². The average molecular weight is 425 g/mol. The fraction of sp³-hybridized carbons (Fsp3) is 0.522. The quantitative estimate of drug-likeness (QED) is 0.645. The molecule has 5 rings (SSSR count). The van der Waals surface area contributed by atoms with E-state index in [2.05, 4.69) is 55.1 Å². The molecule has 2 aliphatic rings. The molecule has 2 atom stereocenters. The van der Waals surface area contributed by atoms with E-state index < -0.39 is 0 Å². The molecule has 1 N–H and O–H groups in total. The number of nitrogens with one attached hydrogen (secondary N) is 1. The van der Waals surface area contributed by atoms with Gasteiger partial charge in [0.1, 0.15) is 17.4 Å². The number of nitrogens with zero attached hydrogens (tertiary/aromatic N) is 3. The van der Waals surface area contributed by atoms with E-state index in [1.54, 1.807) is 11.3 Å². The van der Waals surface area contributed by atoms with E-state index >= 15 is 0 Å². The van der Waals surface area contributed by atoms with E-state index in [1.165, 1.54) is 12.8 Å². The highest BCUT2D eigenvalue weighted by atomic mass is 32.1. The monoisotopic (exact) mass is 424 g/mol. The number of aromatic nitrogens is 3. The van der Waals surface area contributed by atoms with Crippen molar-refractivity contribution in [3.63, 3.8) is 0 Å². The van der Waals surface area contributed by atoms with Crippen LogP contribution in [0.25, 0.3) is 22.3 Å². The van der Waals surface area contributed by atoms with E-state index in [0.29, 0.717) is 19.0 Å². The van der Waals surface area contributed by atoms with E-state index in [0.717, 1.165) is 33.0 Å². The van der Waals surface area contributed by atoms with Gasteiger partial charge in [-0.1, -0.05) is 20.8 Å². The lowest BCUT2D eigenvalue weighted by Gasteiger charge is -2.21. The van der Waals surface area contributed by atoms with Crippen molar-refractivity contribution in [1.82, 2.24) is 19.9 Å². The fourth-order valence-corrected chi connectivity index (χ4v) is 4.92. The predicted molar refractivity (Wildman–Crippen MR) is 119 cm³/mol. The van der Waals surface area contributed by atoms with Gasteiger partial charge in [0.25, 0.3) is 0 Å². The highest BCUT2D eigenvalue weighted by Crippen LogP contribution is 2.42. The summed E-state index contributed by atoms with van der Waals surface area (Å²) in [6.45, 7) is 9.28. The number of carbonyl (C=O) groups excluding carboxylic acids is 1. The molecule has 158 valence electrons. The molecular weight excluding hydrogens is 396 g/mol. The van der Waals surface area contributed by atoms with Gasteiger partial charge in [-0.05, 0) is 31.9 Å². The molecule has 30 heavy (non-hydrogen) atoms. The first-order valence-corrected chi connectivity index (χ1v) is 11.6. The summed E-state index contributed by atoms with van der Waals surface area (Å²) in [6.07, 6.45) is 4.76. The number of hydrogen-bond donors (Lipinski definition) is 1. The molecule has 6 nitrogen and oxygen atoms in total. The summed E-state index contributed by atoms with van der Waals surface area (Å²) in [4.78, 5) is 21.3. The van der Waals surface area contributed by atoms with Crippen molar-refractivity contribution < 1.29 is 9.53 Å². The van der Waals surface area contributed by atoms with Gasteiger partial charge in [0.05, 0.1) is 22.5 Å². The van der Waals surface area contributed by atoms with Crippen molar-refractivity contribution in [3.8, 4) is 17.0 Å². The topological polar surface area (TPSA) is 69.0 Å². The molecule has 1 saturated heterocycles. The zero-order valence-electron chi connectivity index (χ0n) is 17.9. The van der Waals surface area contributed by atoms with Gasteiger partial charge in [0.15, 0.2) is 0 Å². The second-order valence-corrected chi connectivity index (χ2v) is 10.5. The number of carbonyl (C=O) groups is 1. The van der Waals surface area contributed by atoms with Crippen molar-refractivity contribution in [2.45, 2.75) is 64.5 Å². The Morgan fingerprint density at radius 1 is 1.30 bits per heavy atom. The number of hydrogen-bond acceptors (Lipinski definition) is 5. The van der Waals surface area contributed by atoms with Crippen LogP contribution in [0, 0.1) is 5.92 Å². The standard InChI is InChI=1S/C23H28N4O2S/c1-13(15-9-20(28)24-10-15)29-19-8-14(18-11-30-22(26-18)23(2,3)4)7-17-21(19)27(12-25-17)16-5-6-16/h7-8,11-13,15-16H,5-6,9-10H2,1-4H3,(H,24,28)/t13-,15-/m1/s1. The van der Waals surface area contributed by atoms with Gasteiger partial charge in [0.2, 0.25) is 5.91 Å². The second kappa shape index (κ2) is 7.08. The number of rotatable bonds is 5. The van der Waals surface area contributed by atoms with Gasteiger partial charge >= 0.3 is 0 Å². The van der Waals surface area contributed by atoms with Gasteiger partial charge in [0, 0.05) is 41.3 Å². The van der Waals surface area contributed by atoms with Crippen LogP contribution in [0.15, 0.2) is 23.8 Å². The molecule has 0 bridgehead atoms. The van der Waals surface area contributed by atoms with Crippen molar-refractivity contribution in [1.29, 1.82) is 0 Å². The number of thiazole rings is 1. The molecule has 1 amide bonds. The highest BCUT2D eigenvalue weighted by Gasteiger charge is 2.31. The molecule has 7 heteroatoms. The Labute approximate surface area is 180 Å². The van der Waals surface area contributed by atoms with Gasteiger partial charge < -0.3 is 14.6 Å².